The third-order valence-electron chi connectivity index (χ3n) is 5.49. The molecule has 182 valence electrons. The molecule has 34 heavy (non-hydrogen) atoms. The molecule has 0 bridgehead atoms. The van der Waals surface area contributed by atoms with Gasteiger partial charge in [-0.25, -0.2) is 0 Å². The number of methoxy groups -OCH3 is 4. The maximum Gasteiger partial charge on any atom is 0.295 e. The SMILES string of the molecule is COCCCN1C(=O)C(=O)/C(=C(/O)c2cc(Cl)c(OC)c(Cl)c2OC)C1c1cccc(OC)c1. The van der Waals surface area contributed by atoms with Crippen molar-refractivity contribution in [3.8, 4) is 17.2 Å². The van der Waals surface area contributed by atoms with Crippen molar-refractivity contribution in [2.45, 2.75) is 12.5 Å². The van der Waals surface area contributed by atoms with Gasteiger partial charge < -0.3 is 29.0 Å². The largest absolute Gasteiger partial charge is 0.507 e. The van der Waals surface area contributed by atoms with Gasteiger partial charge in [0.2, 0.25) is 0 Å². The molecule has 1 atom stereocenters. The standard InChI is InChI=1S/C24H25Cl2NO7/c1-31-10-6-9-27-19(13-7-5-8-14(11-13)32-2)17(21(29)24(27)30)20(28)15-12-16(25)23(34-4)18(26)22(15)33-3/h5,7-8,11-12,19,28H,6,9-10H2,1-4H3/b20-17+. The summed E-state index contributed by atoms with van der Waals surface area (Å²) in [4.78, 5) is 27.6. The molecule has 2 aromatic rings. The van der Waals surface area contributed by atoms with Crippen molar-refractivity contribution in [3.05, 3.63) is 57.1 Å². The number of Topliss-reactive ketones (excluding diaryl/α,β-unsaturated/α-hetero) is 1. The Balaban J connectivity index is 2.26. The summed E-state index contributed by atoms with van der Waals surface area (Å²) in [5.41, 5.74) is 0.523. The summed E-state index contributed by atoms with van der Waals surface area (Å²) in [7, 11) is 5.81. The summed E-state index contributed by atoms with van der Waals surface area (Å²) < 4.78 is 21.0. The molecule has 3 rings (SSSR count). The molecular formula is C24H25Cl2NO7. The van der Waals surface area contributed by atoms with E-state index in [-0.39, 0.29) is 39.2 Å². The molecule has 1 aliphatic rings. The van der Waals surface area contributed by atoms with Gasteiger partial charge in [-0.3, -0.25) is 9.59 Å². The average molecular weight is 510 g/mol. The van der Waals surface area contributed by atoms with E-state index in [4.69, 9.17) is 42.1 Å². The lowest BCUT2D eigenvalue weighted by atomic mass is 9.94. The Morgan fingerprint density at radius 3 is 2.35 bits per heavy atom. The predicted octanol–water partition coefficient (Wildman–Crippen LogP) is 4.48. The smallest absolute Gasteiger partial charge is 0.295 e. The average Bonchev–Trinajstić information content (AvgIpc) is 3.08. The van der Waals surface area contributed by atoms with Crippen molar-refractivity contribution in [2.24, 2.45) is 0 Å². The van der Waals surface area contributed by atoms with Crippen LogP contribution in [0.25, 0.3) is 5.76 Å². The fourth-order valence-electron chi connectivity index (χ4n) is 3.94. The van der Waals surface area contributed by atoms with E-state index in [9.17, 15) is 14.7 Å². The molecule has 0 aliphatic carbocycles. The van der Waals surface area contributed by atoms with Crippen LogP contribution in [0.4, 0.5) is 0 Å². The van der Waals surface area contributed by atoms with Crippen molar-refractivity contribution < 1.29 is 33.6 Å². The normalized spacial score (nSPS) is 17.2. The fraction of sp³-hybridized carbons (Fsp3) is 0.333. The molecule has 1 aliphatic heterocycles. The van der Waals surface area contributed by atoms with Crippen molar-refractivity contribution in [2.75, 3.05) is 41.6 Å². The van der Waals surface area contributed by atoms with Gasteiger partial charge in [0.05, 0.1) is 43.5 Å². The molecular weight excluding hydrogens is 485 g/mol. The van der Waals surface area contributed by atoms with Crippen LogP contribution in [0.15, 0.2) is 35.9 Å². The molecule has 1 fully saturated rings. The van der Waals surface area contributed by atoms with Gasteiger partial charge in [-0.2, -0.15) is 0 Å². The van der Waals surface area contributed by atoms with Gasteiger partial charge in [0.25, 0.3) is 11.7 Å². The van der Waals surface area contributed by atoms with Crippen LogP contribution < -0.4 is 14.2 Å². The van der Waals surface area contributed by atoms with Crippen LogP contribution in [0.3, 0.4) is 0 Å². The number of ketones is 1. The summed E-state index contributed by atoms with van der Waals surface area (Å²) in [6.07, 6.45) is 0.494. The second kappa shape index (κ2) is 11.0. The first-order chi connectivity index (χ1) is 16.3. The highest BCUT2D eigenvalue weighted by Gasteiger charge is 2.46. The number of nitrogens with zero attached hydrogens (tertiary/aromatic N) is 1. The molecule has 10 heteroatoms. The molecule has 1 heterocycles. The lowest BCUT2D eigenvalue weighted by Crippen LogP contribution is -2.31. The molecule has 0 spiro atoms. The first-order valence-corrected chi connectivity index (χ1v) is 11.1. The highest BCUT2D eigenvalue weighted by Crippen LogP contribution is 2.47. The van der Waals surface area contributed by atoms with Crippen molar-refractivity contribution in [3.63, 3.8) is 0 Å². The van der Waals surface area contributed by atoms with Crippen LogP contribution in [0.1, 0.15) is 23.6 Å². The number of hydrogen-bond donors (Lipinski definition) is 1. The number of carbonyl (C=O) groups excluding carboxylic acids is 2. The molecule has 0 radical (unpaired) electrons. The van der Waals surface area contributed by atoms with Gasteiger partial charge in [0.1, 0.15) is 16.5 Å². The lowest BCUT2D eigenvalue weighted by Gasteiger charge is -2.26. The molecule has 0 saturated carbocycles. The number of benzene rings is 2. The third kappa shape index (κ3) is 4.66. The Morgan fingerprint density at radius 2 is 1.74 bits per heavy atom. The second-order valence-corrected chi connectivity index (χ2v) is 8.19. The van der Waals surface area contributed by atoms with Crippen molar-refractivity contribution in [1.29, 1.82) is 0 Å². The quantitative estimate of drug-likeness (QED) is 0.230. The maximum atomic E-state index is 13.2. The minimum atomic E-state index is -0.878. The van der Waals surface area contributed by atoms with Crippen LogP contribution >= 0.6 is 23.2 Å². The predicted molar refractivity (Wildman–Crippen MR) is 128 cm³/mol. The van der Waals surface area contributed by atoms with Gasteiger partial charge in [-0.05, 0) is 30.2 Å². The van der Waals surface area contributed by atoms with E-state index in [1.54, 1.807) is 31.4 Å². The molecule has 2 aromatic carbocycles. The van der Waals surface area contributed by atoms with Gasteiger partial charge in [-0.1, -0.05) is 35.3 Å². The van der Waals surface area contributed by atoms with E-state index in [2.05, 4.69) is 0 Å². The number of carbonyl (C=O) groups is 2. The van der Waals surface area contributed by atoms with Gasteiger partial charge in [0, 0.05) is 20.3 Å². The monoisotopic (exact) mass is 509 g/mol. The fourth-order valence-corrected chi connectivity index (χ4v) is 4.63. The number of aliphatic hydroxyl groups is 1. The molecule has 1 amide bonds. The third-order valence-corrected chi connectivity index (χ3v) is 6.12. The highest BCUT2D eigenvalue weighted by molar-refractivity contribution is 6.47. The van der Waals surface area contributed by atoms with Crippen LogP contribution in [-0.4, -0.2) is 63.3 Å². The number of amides is 1. The van der Waals surface area contributed by atoms with Gasteiger partial charge in [0.15, 0.2) is 11.5 Å². The molecule has 0 aromatic heterocycles. The molecule has 1 unspecified atom stereocenters. The van der Waals surface area contributed by atoms with Crippen LogP contribution in [-0.2, 0) is 14.3 Å². The number of hydrogen-bond acceptors (Lipinski definition) is 7. The van der Waals surface area contributed by atoms with E-state index in [1.165, 1.54) is 32.3 Å². The Hall–Kier alpha value is -2.94. The number of rotatable bonds is 9. The lowest BCUT2D eigenvalue weighted by molar-refractivity contribution is -0.140. The minimum absolute atomic E-state index is 0.0197. The Kier molecular flexibility index (Phi) is 8.30. The first kappa shape index (κ1) is 25.7. The molecule has 1 N–H and O–H groups in total. The number of halogens is 2. The van der Waals surface area contributed by atoms with Gasteiger partial charge >= 0.3 is 0 Å². The Labute approximate surface area is 207 Å². The van der Waals surface area contributed by atoms with Crippen molar-refractivity contribution in [1.82, 2.24) is 4.90 Å². The van der Waals surface area contributed by atoms with E-state index in [1.807, 2.05) is 0 Å². The molecule has 8 nitrogen and oxygen atoms in total. The number of ether oxygens (including phenoxy) is 4. The van der Waals surface area contributed by atoms with E-state index in [0.29, 0.717) is 24.3 Å². The topological polar surface area (TPSA) is 94.5 Å². The number of likely N-dealkylation sites (tertiary alicyclic amines) is 1. The summed E-state index contributed by atoms with van der Waals surface area (Å²) in [6.45, 7) is 0.629. The minimum Gasteiger partial charge on any atom is -0.507 e. The summed E-state index contributed by atoms with van der Waals surface area (Å²) >= 11 is 12.7. The zero-order chi connectivity index (χ0) is 25.0. The van der Waals surface area contributed by atoms with E-state index < -0.39 is 23.5 Å². The highest BCUT2D eigenvalue weighted by atomic mass is 35.5. The Bertz CT molecular complexity index is 1130. The summed E-state index contributed by atoms with van der Waals surface area (Å²) in [5.74, 6) is -1.31. The van der Waals surface area contributed by atoms with E-state index >= 15 is 0 Å². The van der Waals surface area contributed by atoms with Crippen LogP contribution in [0.5, 0.6) is 17.2 Å². The van der Waals surface area contributed by atoms with Crippen LogP contribution in [0, 0.1) is 0 Å². The first-order valence-electron chi connectivity index (χ1n) is 10.3. The Morgan fingerprint density at radius 1 is 1.03 bits per heavy atom. The zero-order valence-electron chi connectivity index (χ0n) is 19.2. The number of aliphatic hydroxyl groups excluding tert-OH is 1. The second-order valence-electron chi connectivity index (χ2n) is 7.40. The van der Waals surface area contributed by atoms with E-state index in [0.717, 1.165) is 0 Å². The van der Waals surface area contributed by atoms with Crippen molar-refractivity contribution >= 4 is 40.7 Å². The van der Waals surface area contributed by atoms with Gasteiger partial charge in [-0.15, -0.1) is 0 Å². The summed E-state index contributed by atoms with van der Waals surface area (Å²) in [6, 6.07) is 7.44. The summed E-state index contributed by atoms with van der Waals surface area (Å²) in [5, 5.41) is 11.5. The zero-order valence-corrected chi connectivity index (χ0v) is 20.7. The maximum absolute atomic E-state index is 13.2. The molecule has 1 saturated heterocycles. The van der Waals surface area contributed by atoms with Crippen LogP contribution in [0.2, 0.25) is 10.0 Å².